The maximum atomic E-state index is 14.4. The second kappa shape index (κ2) is 11.5. The minimum absolute atomic E-state index is 0.0288. The molecule has 1 saturated heterocycles. The fourth-order valence-electron chi connectivity index (χ4n) is 6.10. The van der Waals surface area contributed by atoms with Crippen molar-refractivity contribution in [2.24, 2.45) is 5.73 Å². The molecule has 0 spiro atoms. The molecule has 0 aromatic heterocycles. The zero-order valence-corrected chi connectivity index (χ0v) is 23.2. The summed E-state index contributed by atoms with van der Waals surface area (Å²) in [5.74, 6) is 0.536. The Labute approximate surface area is 229 Å². The summed E-state index contributed by atoms with van der Waals surface area (Å²) in [6.45, 7) is 4.11. The van der Waals surface area contributed by atoms with Crippen LogP contribution < -0.4 is 21.7 Å². The van der Waals surface area contributed by atoms with Crippen LogP contribution in [0.25, 0.3) is 5.57 Å². The van der Waals surface area contributed by atoms with Crippen LogP contribution in [-0.2, 0) is 6.42 Å². The van der Waals surface area contributed by atoms with Crippen molar-refractivity contribution >= 4 is 23.1 Å². The van der Waals surface area contributed by atoms with Gasteiger partial charge in [-0.05, 0) is 67.6 Å². The summed E-state index contributed by atoms with van der Waals surface area (Å²) >= 11 is 0. The van der Waals surface area contributed by atoms with Crippen molar-refractivity contribution in [3.8, 4) is 0 Å². The van der Waals surface area contributed by atoms with Gasteiger partial charge < -0.3 is 25.9 Å². The average Bonchev–Trinajstić information content (AvgIpc) is 3.29. The molecule has 4 aliphatic rings. The van der Waals surface area contributed by atoms with Gasteiger partial charge in [-0.3, -0.25) is 5.73 Å². The van der Waals surface area contributed by atoms with Gasteiger partial charge in [0.05, 0.1) is 18.7 Å². The first-order valence-electron chi connectivity index (χ1n) is 13.9. The van der Waals surface area contributed by atoms with Crippen LogP contribution in [0.1, 0.15) is 48.8 Å². The summed E-state index contributed by atoms with van der Waals surface area (Å²) in [5.41, 5.74) is 12.1. The van der Waals surface area contributed by atoms with E-state index in [0.717, 1.165) is 66.9 Å². The van der Waals surface area contributed by atoms with Crippen LogP contribution in [0.3, 0.4) is 0 Å². The van der Waals surface area contributed by atoms with Gasteiger partial charge in [0.25, 0.3) is 12.3 Å². The number of alkyl halides is 2. The topological polar surface area (TPSA) is 91.9 Å². The molecule has 11 heteroatoms. The third-order valence-electron chi connectivity index (χ3n) is 8.39. The van der Waals surface area contributed by atoms with E-state index in [1.165, 1.54) is 0 Å². The van der Waals surface area contributed by atoms with E-state index >= 15 is 0 Å². The van der Waals surface area contributed by atoms with E-state index in [-0.39, 0.29) is 11.6 Å². The zero-order chi connectivity index (χ0) is 27.7. The van der Waals surface area contributed by atoms with E-state index in [1.54, 1.807) is 18.0 Å². The van der Waals surface area contributed by atoms with Crippen LogP contribution in [0.5, 0.6) is 0 Å². The fraction of sp³-hybridized carbons (Fsp3) is 0.571. The van der Waals surface area contributed by atoms with Crippen LogP contribution >= 0.6 is 0 Å². The predicted molar refractivity (Wildman–Crippen MR) is 149 cm³/mol. The second-order valence-corrected chi connectivity index (χ2v) is 10.9. The Morgan fingerprint density at radius 1 is 1.18 bits per heavy atom. The number of rotatable bonds is 5. The summed E-state index contributed by atoms with van der Waals surface area (Å²) in [5, 5.41) is 13.8. The number of hydrogen-bond donors (Lipinski definition) is 4. The number of amidine groups is 1. The molecule has 4 aliphatic heterocycles. The van der Waals surface area contributed by atoms with Crippen molar-refractivity contribution in [3.63, 3.8) is 0 Å². The lowest BCUT2D eigenvalue weighted by atomic mass is 9.92. The first kappa shape index (κ1) is 27.4. The number of hydrazine groups is 1. The first-order chi connectivity index (χ1) is 18.8. The minimum atomic E-state index is -2.61. The van der Waals surface area contributed by atoms with Gasteiger partial charge in [-0.15, -0.1) is 0 Å². The molecule has 1 fully saturated rings. The van der Waals surface area contributed by atoms with Crippen molar-refractivity contribution in [1.82, 2.24) is 30.9 Å². The van der Waals surface area contributed by atoms with Crippen LogP contribution in [0.15, 0.2) is 29.6 Å². The smallest absolute Gasteiger partial charge is 0.317 e. The average molecular weight is 544 g/mol. The number of fused-ring (bicyclic) bond motifs is 1. The highest BCUT2D eigenvalue weighted by Gasteiger charge is 2.33. The SMILES string of the molecule is CNC(=O)N1CCC(NC2CCNCC2)=C(C(N)=[N+]2CCCc3cc(C4=CN(C)N(C)C4)c(C(F)F)cc32)C1. The van der Waals surface area contributed by atoms with E-state index in [1.807, 2.05) is 41.0 Å². The maximum absolute atomic E-state index is 14.4. The zero-order valence-electron chi connectivity index (χ0n) is 23.2. The normalized spacial score (nSPS) is 22.3. The molecule has 0 radical (unpaired) electrons. The number of aryl methyl sites for hydroxylation is 1. The molecule has 5 N–H and O–H groups in total. The Bertz CT molecular complexity index is 1200. The number of amides is 2. The number of benzene rings is 1. The van der Waals surface area contributed by atoms with E-state index in [4.69, 9.17) is 5.73 Å². The molecule has 39 heavy (non-hydrogen) atoms. The number of carbonyl (C=O) groups excluding carboxylic acids is 1. The van der Waals surface area contributed by atoms with Gasteiger partial charge in [0.2, 0.25) is 0 Å². The van der Waals surface area contributed by atoms with E-state index in [2.05, 4.69) is 16.0 Å². The number of nitrogens with two attached hydrogens (primary N) is 1. The number of hydrogen-bond acceptors (Lipinski definition) is 5. The molecule has 0 bridgehead atoms. The fourth-order valence-corrected chi connectivity index (χ4v) is 6.10. The standard InChI is InChI=1S/C28H40F2N8O/c1-32-28(39)37-12-8-24(34-20-6-9-33-10-7-20)23(17-37)27(31)38-11-4-5-18-13-21(19-15-35(2)36(3)16-19)22(26(29)30)14-25(18)38/h13-15,20,26,33H,4-12,16-17H2,1-3H3,(H3,31,32,34,39)/p+1. The second-order valence-electron chi connectivity index (χ2n) is 10.9. The highest BCUT2D eigenvalue weighted by Crippen LogP contribution is 2.38. The number of nitrogens with one attached hydrogen (secondary N) is 3. The van der Waals surface area contributed by atoms with Crippen molar-refractivity contribution in [2.45, 2.75) is 44.6 Å². The summed E-state index contributed by atoms with van der Waals surface area (Å²) in [6.07, 6.45) is 3.69. The molecule has 2 amide bonds. The summed E-state index contributed by atoms with van der Waals surface area (Å²) < 4.78 is 30.9. The molecule has 5 rings (SSSR count). The molecule has 1 aromatic carbocycles. The lowest BCUT2D eigenvalue weighted by molar-refractivity contribution is -0.447. The molecule has 4 heterocycles. The predicted octanol–water partition coefficient (Wildman–Crippen LogP) is 2.35. The number of carbonyl (C=O) groups is 1. The molecular weight excluding hydrogens is 502 g/mol. The van der Waals surface area contributed by atoms with Gasteiger partial charge in [-0.2, -0.15) is 0 Å². The number of nitrogens with zero attached hydrogens (tertiary/aromatic N) is 4. The van der Waals surface area contributed by atoms with Gasteiger partial charge in [-0.1, -0.05) is 0 Å². The van der Waals surface area contributed by atoms with E-state index in [9.17, 15) is 13.6 Å². The van der Waals surface area contributed by atoms with Gasteiger partial charge >= 0.3 is 6.03 Å². The van der Waals surface area contributed by atoms with Gasteiger partial charge in [0.1, 0.15) is 5.69 Å². The molecule has 9 nitrogen and oxygen atoms in total. The van der Waals surface area contributed by atoms with Crippen LogP contribution in [0, 0.1) is 0 Å². The van der Waals surface area contributed by atoms with Crippen molar-refractivity contribution in [2.75, 3.05) is 60.4 Å². The Hall–Kier alpha value is -3.18. The highest BCUT2D eigenvalue weighted by molar-refractivity contribution is 5.96. The number of likely N-dealkylation sites (N-methyl/N-ethyl adjacent to an activating group) is 1. The van der Waals surface area contributed by atoms with Gasteiger partial charge in [-0.25, -0.2) is 23.2 Å². The number of halogens is 2. The quantitative estimate of drug-likeness (QED) is 0.337. The lowest BCUT2D eigenvalue weighted by Crippen LogP contribution is -2.49. The molecule has 212 valence electrons. The van der Waals surface area contributed by atoms with Crippen molar-refractivity contribution in [1.29, 1.82) is 0 Å². The van der Waals surface area contributed by atoms with E-state index in [0.29, 0.717) is 50.0 Å². The lowest BCUT2D eigenvalue weighted by Gasteiger charge is -2.33. The maximum Gasteiger partial charge on any atom is 0.317 e. The summed E-state index contributed by atoms with van der Waals surface area (Å²) in [4.78, 5) is 14.3. The number of piperidine rings is 1. The molecule has 0 unspecified atom stereocenters. The first-order valence-corrected chi connectivity index (χ1v) is 13.9. The minimum Gasteiger partial charge on any atom is -0.385 e. The summed E-state index contributed by atoms with van der Waals surface area (Å²) in [6, 6.07) is 3.77. The monoisotopic (exact) mass is 543 g/mol. The highest BCUT2D eigenvalue weighted by atomic mass is 19.3. The van der Waals surface area contributed by atoms with E-state index < -0.39 is 6.43 Å². The molecule has 1 aromatic rings. The molecule has 0 saturated carbocycles. The Balaban J connectivity index is 1.57. The van der Waals surface area contributed by atoms with Crippen molar-refractivity contribution in [3.05, 3.63) is 46.3 Å². The van der Waals surface area contributed by atoms with Crippen LogP contribution in [0.2, 0.25) is 0 Å². The Morgan fingerprint density at radius 2 is 1.95 bits per heavy atom. The molecular formula is C28H41F2N8O+. The molecule has 0 aliphatic carbocycles. The van der Waals surface area contributed by atoms with Crippen LogP contribution in [-0.4, -0.2) is 97.8 Å². The van der Waals surface area contributed by atoms with Crippen LogP contribution in [0.4, 0.5) is 19.3 Å². The summed E-state index contributed by atoms with van der Waals surface area (Å²) in [7, 11) is 5.48. The largest absolute Gasteiger partial charge is 0.385 e. The van der Waals surface area contributed by atoms with Crippen molar-refractivity contribution < 1.29 is 18.2 Å². The Morgan fingerprint density at radius 3 is 2.62 bits per heavy atom. The number of urea groups is 1. The molecule has 0 atom stereocenters. The van der Waals surface area contributed by atoms with Gasteiger partial charge in [0.15, 0.2) is 0 Å². The third kappa shape index (κ3) is 5.60. The third-order valence-corrected chi connectivity index (χ3v) is 8.39. The Kier molecular flexibility index (Phi) is 8.08. The van der Waals surface area contributed by atoms with Gasteiger partial charge in [0, 0.05) is 64.2 Å².